The number of hydrazine groups is 1. The van der Waals surface area contributed by atoms with Crippen molar-refractivity contribution in [3.8, 4) is 0 Å². The molecule has 3 rings (SSSR count). The molecule has 0 fully saturated rings. The van der Waals surface area contributed by atoms with Crippen molar-refractivity contribution in [2.45, 2.75) is 6.92 Å². The van der Waals surface area contributed by atoms with Crippen LogP contribution >= 0.6 is 0 Å². The number of hydrogen-bond donors (Lipinski definition) is 4. The van der Waals surface area contributed by atoms with E-state index in [1.54, 1.807) is 12.3 Å². The van der Waals surface area contributed by atoms with Gasteiger partial charge in [0.1, 0.15) is 17.8 Å². The van der Waals surface area contributed by atoms with Crippen LogP contribution in [0.5, 0.6) is 0 Å². The fourth-order valence-corrected chi connectivity index (χ4v) is 1.91. The van der Waals surface area contributed by atoms with E-state index in [-0.39, 0.29) is 17.3 Å². The van der Waals surface area contributed by atoms with Gasteiger partial charge in [0.15, 0.2) is 17.4 Å². The normalized spacial score (nSPS) is 10.2. The lowest BCUT2D eigenvalue weighted by Crippen LogP contribution is -2.30. The summed E-state index contributed by atoms with van der Waals surface area (Å²) in [5, 5.41) is 3.04. The first kappa shape index (κ1) is 15.3. The Balaban J connectivity index is 1.74. The number of aromatic nitrogens is 3. The van der Waals surface area contributed by atoms with Crippen LogP contribution in [0.2, 0.25) is 0 Å². The number of carbonyl (C=O) groups is 1. The minimum Gasteiger partial charge on any atom is -0.459 e. The first-order valence-electron chi connectivity index (χ1n) is 7.04. The van der Waals surface area contributed by atoms with Crippen LogP contribution in [0.1, 0.15) is 16.1 Å². The van der Waals surface area contributed by atoms with Gasteiger partial charge in [-0.15, -0.1) is 0 Å². The van der Waals surface area contributed by atoms with Crippen molar-refractivity contribution < 1.29 is 9.21 Å². The van der Waals surface area contributed by atoms with E-state index in [2.05, 4.69) is 31.1 Å². The largest absolute Gasteiger partial charge is 0.459 e. The number of furan rings is 1. The number of hydrogen-bond acceptors (Lipinski definition) is 8. The summed E-state index contributed by atoms with van der Waals surface area (Å²) in [4.78, 5) is 24.2. The molecule has 9 heteroatoms. The number of anilines is 4. The fraction of sp³-hybridized carbons (Fsp3) is 0.0667. The summed E-state index contributed by atoms with van der Waals surface area (Å²) in [5.41, 5.74) is 12.3. The second-order valence-corrected chi connectivity index (χ2v) is 4.83. The van der Waals surface area contributed by atoms with E-state index in [1.807, 2.05) is 19.1 Å². The number of rotatable bonds is 5. The van der Waals surface area contributed by atoms with E-state index in [9.17, 15) is 4.79 Å². The Morgan fingerprint density at radius 2 is 1.96 bits per heavy atom. The maximum atomic E-state index is 11.8. The van der Waals surface area contributed by atoms with Gasteiger partial charge in [0.25, 0.3) is 0 Å². The maximum Gasteiger partial charge on any atom is 0.305 e. The third kappa shape index (κ3) is 3.24. The van der Waals surface area contributed by atoms with E-state index in [0.29, 0.717) is 11.6 Å². The standard InChI is InChI=1S/C15H15N7O2/c1-9-4-2-6-17-12(9)20-13-11(16)14(19-8-18-13)21-22-15(23)10-5-3-7-24-10/h2-8H,16H2,1H3,(H,22,23)(H2,17,18,19,20,21). The quantitative estimate of drug-likeness (QED) is 0.523. The second kappa shape index (κ2) is 6.65. The Kier molecular flexibility index (Phi) is 4.23. The highest BCUT2D eigenvalue weighted by Gasteiger charge is 2.12. The van der Waals surface area contributed by atoms with Gasteiger partial charge in [0, 0.05) is 6.20 Å². The smallest absolute Gasteiger partial charge is 0.305 e. The molecular weight excluding hydrogens is 310 g/mol. The van der Waals surface area contributed by atoms with E-state index in [0.717, 1.165) is 5.56 Å². The van der Waals surface area contributed by atoms with Crippen molar-refractivity contribution in [2.24, 2.45) is 0 Å². The van der Waals surface area contributed by atoms with E-state index >= 15 is 0 Å². The predicted octanol–water partition coefficient (Wildman–Crippen LogP) is 1.86. The minimum absolute atomic E-state index is 0.164. The summed E-state index contributed by atoms with van der Waals surface area (Å²) >= 11 is 0. The molecule has 3 aromatic heterocycles. The first-order valence-corrected chi connectivity index (χ1v) is 7.04. The highest BCUT2D eigenvalue weighted by molar-refractivity contribution is 5.92. The monoisotopic (exact) mass is 325 g/mol. The first-order chi connectivity index (χ1) is 11.6. The molecule has 0 spiro atoms. The lowest BCUT2D eigenvalue weighted by Gasteiger charge is -2.13. The SMILES string of the molecule is Cc1cccnc1Nc1ncnc(NNC(=O)c2ccco2)c1N. The van der Waals surface area contributed by atoms with Gasteiger partial charge in [-0.1, -0.05) is 6.07 Å². The maximum absolute atomic E-state index is 11.8. The van der Waals surface area contributed by atoms with Crippen molar-refractivity contribution in [2.75, 3.05) is 16.5 Å². The summed E-state index contributed by atoms with van der Waals surface area (Å²) in [7, 11) is 0. The van der Waals surface area contributed by atoms with Gasteiger partial charge in [-0.3, -0.25) is 15.6 Å². The molecule has 0 radical (unpaired) electrons. The van der Waals surface area contributed by atoms with Crippen LogP contribution in [0.15, 0.2) is 47.5 Å². The molecule has 122 valence electrons. The molecule has 0 aliphatic heterocycles. The average Bonchev–Trinajstić information content (AvgIpc) is 3.12. The molecule has 0 saturated heterocycles. The van der Waals surface area contributed by atoms with Gasteiger partial charge in [0.05, 0.1) is 6.26 Å². The van der Waals surface area contributed by atoms with Crippen LogP contribution in [0.4, 0.5) is 23.1 Å². The molecule has 9 nitrogen and oxygen atoms in total. The molecular formula is C15H15N7O2. The lowest BCUT2D eigenvalue weighted by atomic mass is 10.3. The molecule has 0 saturated carbocycles. The Labute approximate surface area is 137 Å². The van der Waals surface area contributed by atoms with Gasteiger partial charge >= 0.3 is 5.91 Å². The number of amides is 1. The highest BCUT2D eigenvalue weighted by Crippen LogP contribution is 2.25. The summed E-state index contributed by atoms with van der Waals surface area (Å²) in [5.74, 6) is 0.974. The Morgan fingerprint density at radius 3 is 2.71 bits per heavy atom. The van der Waals surface area contributed by atoms with Crippen molar-refractivity contribution in [1.29, 1.82) is 0 Å². The number of pyridine rings is 1. The van der Waals surface area contributed by atoms with E-state index < -0.39 is 5.91 Å². The third-order valence-corrected chi connectivity index (χ3v) is 3.17. The van der Waals surface area contributed by atoms with Crippen LogP contribution in [-0.2, 0) is 0 Å². The summed E-state index contributed by atoms with van der Waals surface area (Å²) in [6.07, 6.45) is 4.39. The molecule has 0 aliphatic rings. The third-order valence-electron chi connectivity index (χ3n) is 3.17. The second-order valence-electron chi connectivity index (χ2n) is 4.83. The van der Waals surface area contributed by atoms with Crippen molar-refractivity contribution in [1.82, 2.24) is 20.4 Å². The zero-order valence-corrected chi connectivity index (χ0v) is 12.8. The summed E-state index contributed by atoms with van der Waals surface area (Å²) < 4.78 is 4.99. The molecule has 0 bridgehead atoms. The molecule has 0 atom stereocenters. The number of nitrogens with one attached hydrogen (secondary N) is 3. The zero-order valence-electron chi connectivity index (χ0n) is 12.8. The van der Waals surface area contributed by atoms with Crippen molar-refractivity contribution in [3.05, 3.63) is 54.4 Å². The van der Waals surface area contributed by atoms with Gasteiger partial charge < -0.3 is 15.5 Å². The number of aryl methyl sites for hydroxylation is 1. The minimum atomic E-state index is -0.451. The summed E-state index contributed by atoms with van der Waals surface area (Å²) in [6.45, 7) is 1.91. The van der Waals surface area contributed by atoms with Crippen LogP contribution in [-0.4, -0.2) is 20.9 Å². The fourth-order valence-electron chi connectivity index (χ4n) is 1.91. The topological polar surface area (TPSA) is 131 Å². The van der Waals surface area contributed by atoms with Crippen LogP contribution in [0, 0.1) is 6.92 Å². The number of nitrogen functional groups attached to an aromatic ring is 1. The predicted molar refractivity (Wildman–Crippen MR) is 88.5 cm³/mol. The van der Waals surface area contributed by atoms with E-state index in [4.69, 9.17) is 10.2 Å². The highest BCUT2D eigenvalue weighted by atomic mass is 16.3. The van der Waals surface area contributed by atoms with Gasteiger partial charge in [-0.25, -0.2) is 15.0 Å². The Morgan fingerprint density at radius 1 is 1.12 bits per heavy atom. The molecule has 5 N–H and O–H groups in total. The summed E-state index contributed by atoms with van der Waals surface area (Å²) in [6, 6.07) is 6.90. The number of nitrogens with two attached hydrogens (primary N) is 1. The number of nitrogens with zero attached hydrogens (tertiary/aromatic N) is 3. The molecule has 3 aromatic rings. The van der Waals surface area contributed by atoms with Gasteiger partial charge in [0.2, 0.25) is 0 Å². The van der Waals surface area contributed by atoms with Gasteiger partial charge in [-0.2, -0.15) is 0 Å². The lowest BCUT2D eigenvalue weighted by molar-refractivity contribution is 0.0935. The zero-order chi connectivity index (χ0) is 16.9. The Hall–Kier alpha value is -3.62. The molecule has 0 unspecified atom stereocenters. The Bertz CT molecular complexity index is 849. The molecule has 24 heavy (non-hydrogen) atoms. The van der Waals surface area contributed by atoms with E-state index in [1.165, 1.54) is 18.7 Å². The van der Waals surface area contributed by atoms with Crippen LogP contribution < -0.4 is 21.9 Å². The van der Waals surface area contributed by atoms with Crippen LogP contribution in [0.25, 0.3) is 0 Å². The van der Waals surface area contributed by atoms with Crippen molar-refractivity contribution in [3.63, 3.8) is 0 Å². The molecule has 0 aliphatic carbocycles. The molecule has 0 aromatic carbocycles. The van der Waals surface area contributed by atoms with Gasteiger partial charge in [-0.05, 0) is 30.7 Å². The van der Waals surface area contributed by atoms with Crippen LogP contribution in [0.3, 0.4) is 0 Å². The van der Waals surface area contributed by atoms with Crippen molar-refractivity contribution >= 4 is 29.0 Å². The molecule has 1 amide bonds. The average molecular weight is 325 g/mol. The number of carbonyl (C=O) groups excluding carboxylic acids is 1. The molecule has 3 heterocycles.